The SMILES string of the molecule is CS(=O)(=O)N1CCN(c2nc(CCC=O)cn(-c3ccc(C#N)cc3)c2=O)CC1. The monoisotopic (exact) mass is 415 g/mol. The summed E-state index contributed by atoms with van der Waals surface area (Å²) in [5, 5.41) is 8.97. The highest BCUT2D eigenvalue weighted by atomic mass is 32.2. The summed E-state index contributed by atoms with van der Waals surface area (Å²) in [5.74, 6) is 0.228. The van der Waals surface area contributed by atoms with Gasteiger partial charge in [0.25, 0.3) is 5.56 Å². The highest BCUT2D eigenvalue weighted by Crippen LogP contribution is 2.15. The van der Waals surface area contributed by atoms with Crippen molar-refractivity contribution in [2.24, 2.45) is 0 Å². The third kappa shape index (κ3) is 4.70. The maximum absolute atomic E-state index is 13.1. The molecule has 1 aromatic heterocycles. The number of aldehydes is 1. The smallest absolute Gasteiger partial charge is 0.298 e. The fraction of sp³-hybridized carbons (Fsp3) is 0.368. The lowest BCUT2D eigenvalue weighted by molar-refractivity contribution is -0.107. The molecule has 152 valence electrons. The number of hydrogen-bond donors (Lipinski definition) is 0. The van der Waals surface area contributed by atoms with E-state index in [1.54, 1.807) is 35.4 Å². The molecule has 3 rings (SSSR count). The molecule has 0 aliphatic carbocycles. The minimum atomic E-state index is -3.28. The second-order valence-corrected chi connectivity index (χ2v) is 8.73. The van der Waals surface area contributed by atoms with Crippen molar-refractivity contribution in [2.45, 2.75) is 12.8 Å². The highest BCUT2D eigenvalue weighted by Gasteiger charge is 2.26. The molecule has 0 saturated carbocycles. The van der Waals surface area contributed by atoms with Crippen LogP contribution in [-0.4, -0.2) is 61.0 Å². The van der Waals surface area contributed by atoms with Gasteiger partial charge in [0.15, 0.2) is 5.82 Å². The van der Waals surface area contributed by atoms with Gasteiger partial charge in [-0.15, -0.1) is 0 Å². The second kappa shape index (κ2) is 8.55. The molecule has 1 aliphatic heterocycles. The minimum absolute atomic E-state index is 0.228. The predicted octanol–water partition coefficient (Wildman–Crippen LogP) is 0.317. The molecule has 0 N–H and O–H groups in total. The Bertz CT molecular complexity index is 1090. The summed E-state index contributed by atoms with van der Waals surface area (Å²) < 4.78 is 26.3. The highest BCUT2D eigenvalue weighted by molar-refractivity contribution is 7.88. The van der Waals surface area contributed by atoms with Gasteiger partial charge in [-0.1, -0.05) is 0 Å². The van der Waals surface area contributed by atoms with Crippen LogP contribution in [0, 0.1) is 11.3 Å². The zero-order valence-electron chi connectivity index (χ0n) is 16.0. The molecule has 1 fully saturated rings. The van der Waals surface area contributed by atoms with Crippen LogP contribution in [0.4, 0.5) is 5.82 Å². The fourth-order valence-electron chi connectivity index (χ4n) is 3.18. The zero-order chi connectivity index (χ0) is 21.0. The van der Waals surface area contributed by atoms with Crippen molar-refractivity contribution in [1.29, 1.82) is 5.26 Å². The maximum atomic E-state index is 13.1. The van der Waals surface area contributed by atoms with Gasteiger partial charge in [-0.05, 0) is 30.7 Å². The van der Waals surface area contributed by atoms with E-state index in [-0.39, 0.29) is 30.9 Å². The molecular formula is C19H21N5O4S. The molecule has 1 aromatic carbocycles. The van der Waals surface area contributed by atoms with Gasteiger partial charge in [-0.25, -0.2) is 13.4 Å². The standard InChI is InChI=1S/C19H21N5O4S/c1-29(27,28)23-10-8-22(9-11-23)18-19(26)24(14-16(21-18)3-2-12-25)17-6-4-15(13-20)5-7-17/h4-7,12,14H,2-3,8-11H2,1H3. The summed E-state index contributed by atoms with van der Waals surface area (Å²) in [5.41, 5.74) is 1.31. The van der Waals surface area contributed by atoms with Gasteiger partial charge in [0, 0.05) is 44.5 Å². The van der Waals surface area contributed by atoms with Gasteiger partial charge in [0.1, 0.15) is 6.29 Å². The average molecular weight is 415 g/mol. The van der Waals surface area contributed by atoms with Gasteiger partial charge in [-0.2, -0.15) is 9.57 Å². The number of carbonyl (C=O) groups excluding carboxylic acids is 1. The number of nitrogens with zero attached hydrogens (tertiary/aromatic N) is 5. The number of sulfonamides is 1. The van der Waals surface area contributed by atoms with E-state index in [0.29, 0.717) is 36.5 Å². The molecular weight excluding hydrogens is 394 g/mol. The summed E-state index contributed by atoms with van der Waals surface area (Å²) in [6.07, 6.45) is 4.22. The Morgan fingerprint density at radius 2 is 1.83 bits per heavy atom. The van der Waals surface area contributed by atoms with E-state index in [1.165, 1.54) is 15.1 Å². The Balaban J connectivity index is 1.99. The Morgan fingerprint density at radius 3 is 2.38 bits per heavy atom. The van der Waals surface area contributed by atoms with Crippen molar-refractivity contribution in [1.82, 2.24) is 13.9 Å². The predicted molar refractivity (Wildman–Crippen MR) is 108 cm³/mol. The summed E-state index contributed by atoms with van der Waals surface area (Å²) in [4.78, 5) is 30.1. The zero-order valence-corrected chi connectivity index (χ0v) is 16.8. The Hall–Kier alpha value is -3.03. The Kier molecular flexibility index (Phi) is 6.10. The van der Waals surface area contributed by atoms with Gasteiger partial charge < -0.3 is 9.69 Å². The largest absolute Gasteiger partial charge is 0.349 e. The van der Waals surface area contributed by atoms with Crippen molar-refractivity contribution >= 4 is 22.1 Å². The Labute approximate surface area is 168 Å². The molecule has 10 heteroatoms. The van der Waals surface area contributed by atoms with Crippen LogP contribution < -0.4 is 10.5 Å². The number of aryl methyl sites for hydroxylation is 1. The fourth-order valence-corrected chi connectivity index (χ4v) is 4.01. The maximum Gasteiger partial charge on any atom is 0.298 e. The molecule has 0 radical (unpaired) electrons. The number of anilines is 1. The lowest BCUT2D eigenvalue weighted by Crippen LogP contribution is -2.50. The normalized spacial score (nSPS) is 15.1. The number of aromatic nitrogens is 2. The van der Waals surface area contributed by atoms with Crippen LogP contribution in [0.2, 0.25) is 0 Å². The summed E-state index contributed by atoms with van der Waals surface area (Å²) in [6.45, 7) is 1.24. The number of rotatable bonds is 6. The first-order valence-electron chi connectivity index (χ1n) is 9.10. The van der Waals surface area contributed by atoms with Crippen LogP contribution in [-0.2, 0) is 21.2 Å². The van der Waals surface area contributed by atoms with Crippen molar-refractivity contribution in [3.63, 3.8) is 0 Å². The molecule has 0 atom stereocenters. The molecule has 0 bridgehead atoms. The number of piperazine rings is 1. The molecule has 1 saturated heterocycles. The molecule has 0 amide bonds. The van der Waals surface area contributed by atoms with Gasteiger partial charge in [0.05, 0.1) is 23.6 Å². The van der Waals surface area contributed by atoms with E-state index in [1.807, 2.05) is 6.07 Å². The lowest BCUT2D eigenvalue weighted by atomic mass is 10.2. The number of nitriles is 1. The quantitative estimate of drug-likeness (QED) is 0.624. The van der Waals surface area contributed by atoms with Crippen LogP contribution in [0.25, 0.3) is 5.69 Å². The molecule has 2 heterocycles. The molecule has 0 unspecified atom stereocenters. The van der Waals surface area contributed by atoms with Crippen molar-refractivity contribution < 1.29 is 13.2 Å². The topological polar surface area (TPSA) is 116 Å². The van der Waals surface area contributed by atoms with E-state index >= 15 is 0 Å². The third-order valence-electron chi connectivity index (χ3n) is 4.74. The molecule has 0 spiro atoms. The van der Waals surface area contributed by atoms with Crippen LogP contribution in [0.1, 0.15) is 17.7 Å². The number of hydrogen-bond acceptors (Lipinski definition) is 7. The van der Waals surface area contributed by atoms with Gasteiger partial charge in [0.2, 0.25) is 10.0 Å². The number of carbonyl (C=O) groups is 1. The van der Waals surface area contributed by atoms with Crippen LogP contribution in [0.5, 0.6) is 0 Å². The first-order chi connectivity index (χ1) is 13.8. The van der Waals surface area contributed by atoms with Crippen molar-refractivity contribution in [3.05, 3.63) is 52.1 Å². The van der Waals surface area contributed by atoms with Crippen molar-refractivity contribution in [3.8, 4) is 11.8 Å². The second-order valence-electron chi connectivity index (χ2n) is 6.74. The average Bonchev–Trinajstić information content (AvgIpc) is 2.72. The summed E-state index contributed by atoms with van der Waals surface area (Å²) >= 11 is 0. The first kappa shape index (κ1) is 20.7. The lowest BCUT2D eigenvalue weighted by Gasteiger charge is -2.33. The Morgan fingerprint density at radius 1 is 1.17 bits per heavy atom. The van der Waals surface area contributed by atoms with E-state index in [4.69, 9.17) is 5.26 Å². The van der Waals surface area contributed by atoms with E-state index < -0.39 is 10.0 Å². The molecule has 9 nitrogen and oxygen atoms in total. The van der Waals surface area contributed by atoms with Crippen LogP contribution >= 0.6 is 0 Å². The van der Waals surface area contributed by atoms with E-state index in [0.717, 1.165) is 6.29 Å². The van der Waals surface area contributed by atoms with E-state index in [9.17, 15) is 18.0 Å². The van der Waals surface area contributed by atoms with Crippen LogP contribution in [0.3, 0.4) is 0 Å². The third-order valence-corrected chi connectivity index (χ3v) is 6.04. The summed E-state index contributed by atoms with van der Waals surface area (Å²) in [6, 6.07) is 8.63. The molecule has 1 aliphatic rings. The van der Waals surface area contributed by atoms with Gasteiger partial charge >= 0.3 is 0 Å². The van der Waals surface area contributed by atoms with E-state index in [2.05, 4.69) is 4.98 Å². The van der Waals surface area contributed by atoms with Gasteiger partial charge in [-0.3, -0.25) is 9.36 Å². The molecule has 29 heavy (non-hydrogen) atoms. The minimum Gasteiger partial charge on any atom is -0.349 e. The first-order valence-corrected chi connectivity index (χ1v) is 10.9. The van der Waals surface area contributed by atoms with Crippen LogP contribution in [0.15, 0.2) is 35.3 Å². The molecule has 2 aromatic rings. The van der Waals surface area contributed by atoms with Crippen molar-refractivity contribution in [2.75, 3.05) is 37.3 Å². The number of benzene rings is 1. The summed E-state index contributed by atoms with van der Waals surface area (Å²) in [7, 11) is -3.28.